The summed E-state index contributed by atoms with van der Waals surface area (Å²) < 4.78 is 0. The standard InChI is InChI=1S/C13H14O2/c1-13(2,3)9-6-4-8(5-7-9)10-11(14)12(10)15/h4-7,14H,1-3H3. The molecule has 2 rings (SSSR count). The summed E-state index contributed by atoms with van der Waals surface area (Å²) in [6.07, 6.45) is 0. The van der Waals surface area contributed by atoms with Crippen molar-refractivity contribution in [3.05, 3.63) is 40.1 Å². The van der Waals surface area contributed by atoms with Crippen LogP contribution in [-0.4, -0.2) is 5.11 Å². The Hall–Kier alpha value is -1.57. The van der Waals surface area contributed by atoms with Gasteiger partial charge in [0.05, 0.1) is 5.56 Å². The second-order valence-corrected chi connectivity index (χ2v) is 4.88. The van der Waals surface area contributed by atoms with Crippen molar-refractivity contribution in [3.8, 4) is 16.9 Å². The zero-order chi connectivity index (χ0) is 11.2. The number of hydrogen-bond acceptors (Lipinski definition) is 2. The fourth-order valence-electron chi connectivity index (χ4n) is 1.57. The van der Waals surface area contributed by atoms with E-state index < -0.39 is 0 Å². The van der Waals surface area contributed by atoms with Gasteiger partial charge in [-0.05, 0) is 16.5 Å². The van der Waals surface area contributed by atoms with Gasteiger partial charge in [-0.25, -0.2) is 0 Å². The molecule has 0 spiro atoms. The molecular formula is C13H14O2. The number of aromatic hydroxyl groups is 1. The van der Waals surface area contributed by atoms with Crippen molar-refractivity contribution < 1.29 is 5.11 Å². The Morgan fingerprint density at radius 2 is 1.53 bits per heavy atom. The van der Waals surface area contributed by atoms with E-state index in [1.807, 2.05) is 24.3 Å². The van der Waals surface area contributed by atoms with Crippen LogP contribution in [0.25, 0.3) is 11.1 Å². The van der Waals surface area contributed by atoms with Gasteiger partial charge in [0.15, 0.2) is 5.75 Å². The second kappa shape index (κ2) is 2.96. The summed E-state index contributed by atoms with van der Waals surface area (Å²) in [7, 11) is 0. The molecule has 78 valence electrons. The highest BCUT2D eigenvalue weighted by Gasteiger charge is 2.23. The summed E-state index contributed by atoms with van der Waals surface area (Å²) >= 11 is 0. The molecule has 0 atom stereocenters. The third kappa shape index (κ3) is 1.67. The zero-order valence-corrected chi connectivity index (χ0v) is 9.16. The largest absolute Gasteiger partial charge is 0.504 e. The van der Waals surface area contributed by atoms with Crippen LogP contribution < -0.4 is 5.43 Å². The molecule has 2 aromatic rings. The number of benzene rings is 1. The highest BCUT2D eigenvalue weighted by Crippen LogP contribution is 2.32. The Balaban J connectivity index is 2.34. The molecule has 0 saturated heterocycles. The van der Waals surface area contributed by atoms with E-state index in [1.165, 1.54) is 5.56 Å². The summed E-state index contributed by atoms with van der Waals surface area (Å²) in [5.74, 6) is -0.0847. The SMILES string of the molecule is CC(C)(C)c1ccc(-c2c(O)c2=O)cc1. The van der Waals surface area contributed by atoms with Gasteiger partial charge in [-0.2, -0.15) is 0 Å². The summed E-state index contributed by atoms with van der Waals surface area (Å²) in [5, 5.41) is 9.11. The Kier molecular flexibility index (Phi) is 1.97. The van der Waals surface area contributed by atoms with Gasteiger partial charge in [-0.1, -0.05) is 45.0 Å². The van der Waals surface area contributed by atoms with Crippen LogP contribution in [0.1, 0.15) is 26.3 Å². The van der Waals surface area contributed by atoms with E-state index in [-0.39, 0.29) is 16.6 Å². The minimum absolute atomic E-state index is 0.0847. The van der Waals surface area contributed by atoms with E-state index in [0.717, 1.165) is 5.56 Å². The van der Waals surface area contributed by atoms with Crippen LogP contribution in [-0.2, 0) is 5.41 Å². The Morgan fingerprint density at radius 3 is 1.87 bits per heavy atom. The summed E-state index contributed by atoms with van der Waals surface area (Å²) in [6.45, 7) is 6.42. The van der Waals surface area contributed by atoms with Gasteiger partial charge < -0.3 is 5.11 Å². The van der Waals surface area contributed by atoms with Crippen molar-refractivity contribution in [3.63, 3.8) is 0 Å². The van der Waals surface area contributed by atoms with Gasteiger partial charge in [0, 0.05) is 0 Å². The molecule has 2 nitrogen and oxygen atoms in total. The first-order chi connectivity index (χ1) is 6.91. The third-order valence-electron chi connectivity index (χ3n) is 2.66. The van der Waals surface area contributed by atoms with Crippen LogP contribution in [0.2, 0.25) is 0 Å². The maximum Gasteiger partial charge on any atom is 0.232 e. The minimum Gasteiger partial charge on any atom is -0.504 e. The lowest BCUT2D eigenvalue weighted by Crippen LogP contribution is -2.10. The van der Waals surface area contributed by atoms with Crippen molar-refractivity contribution in [2.75, 3.05) is 0 Å². The van der Waals surface area contributed by atoms with Crippen LogP contribution in [0, 0.1) is 0 Å². The van der Waals surface area contributed by atoms with Crippen LogP contribution in [0.4, 0.5) is 0 Å². The van der Waals surface area contributed by atoms with Crippen molar-refractivity contribution in [2.45, 2.75) is 26.2 Å². The fourth-order valence-corrected chi connectivity index (χ4v) is 1.57. The molecule has 0 radical (unpaired) electrons. The van der Waals surface area contributed by atoms with E-state index >= 15 is 0 Å². The van der Waals surface area contributed by atoms with Crippen molar-refractivity contribution >= 4 is 0 Å². The normalized spacial score (nSPS) is 12.2. The highest BCUT2D eigenvalue weighted by atomic mass is 16.3. The summed E-state index contributed by atoms with van der Waals surface area (Å²) in [5.41, 5.74) is 2.39. The lowest BCUT2D eigenvalue weighted by molar-refractivity contribution is 0.489. The van der Waals surface area contributed by atoms with E-state index in [0.29, 0.717) is 5.56 Å². The molecule has 1 N–H and O–H groups in total. The molecule has 0 bridgehead atoms. The summed E-state index contributed by atoms with van der Waals surface area (Å²) in [6, 6.07) is 7.77. The smallest absolute Gasteiger partial charge is 0.232 e. The van der Waals surface area contributed by atoms with Crippen LogP contribution in [0.5, 0.6) is 5.75 Å². The van der Waals surface area contributed by atoms with Crippen LogP contribution >= 0.6 is 0 Å². The average molecular weight is 202 g/mol. The molecule has 0 heterocycles. The molecule has 2 heteroatoms. The first-order valence-corrected chi connectivity index (χ1v) is 5.00. The van der Waals surface area contributed by atoms with Gasteiger partial charge in [-0.15, -0.1) is 0 Å². The molecule has 0 saturated carbocycles. The molecule has 0 aliphatic carbocycles. The van der Waals surface area contributed by atoms with Crippen molar-refractivity contribution in [1.29, 1.82) is 0 Å². The van der Waals surface area contributed by atoms with Gasteiger partial charge >= 0.3 is 0 Å². The van der Waals surface area contributed by atoms with E-state index in [2.05, 4.69) is 20.8 Å². The first kappa shape index (κ1) is 9.97. The predicted octanol–water partition coefficient (Wildman–Crippen LogP) is 2.59. The first-order valence-electron chi connectivity index (χ1n) is 5.00. The van der Waals surface area contributed by atoms with E-state index in [1.54, 1.807) is 0 Å². The quantitative estimate of drug-likeness (QED) is 0.771. The highest BCUT2D eigenvalue weighted by molar-refractivity contribution is 5.79. The van der Waals surface area contributed by atoms with Gasteiger partial charge in [0.25, 0.3) is 0 Å². The molecule has 15 heavy (non-hydrogen) atoms. The number of rotatable bonds is 1. The minimum atomic E-state index is -0.224. The fraction of sp³-hybridized carbons (Fsp3) is 0.308. The van der Waals surface area contributed by atoms with Crippen molar-refractivity contribution in [1.82, 2.24) is 0 Å². The lowest BCUT2D eigenvalue weighted by Gasteiger charge is -2.18. The monoisotopic (exact) mass is 202 g/mol. The van der Waals surface area contributed by atoms with Crippen LogP contribution in [0.3, 0.4) is 0 Å². The van der Waals surface area contributed by atoms with Gasteiger partial charge in [0.2, 0.25) is 5.43 Å². The molecule has 0 fully saturated rings. The zero-order valence-electron chi connectivity index (χ0n) is 9.16. The van der Waals surface area contributed by atoms with Gasteiger partial charge in [-0.3, -0.25) is 4.79 Å². The van der Waals surface area contributed by atoms with E-state index in [9.17, 15) is 4.79 Å². The Labute approximate surface area is 88.9 Å². The average Bonchev–Trinajstić information content (AvgIpc) is 2.74. The predicted molar refractivity (Wildman–Crippen MR) is 60.9 cm³/mol. The maximum atomic E-state index is 11.0. The molecule has 0 aliphatic rings. The molecule has 0 aromatic heterocycles. The van der Waals surface area contributed by atoms with Crippen LogP contribution in [0.15, 0.2) is 29.1 Å². The molecule has 0 amide bonds. The van der Waals surface area contributed by atoms with E-state index in [4.69, 9.17) is 5.11 Å². The Morgan fingerprint density at radius 1 is 1.07 bits per heavy atom. The Bertz CT molecular complexity index is 491. The molecule has 0 aliphatic heterocycles. The van der Waals surface area contributed by atoms with Gasteiger partial charge in [0.1, 0.15) is 0 Å². The third-order valence-corrected chi connectivity index (χ3v) is 2.66. The molecular weight excluding hydrogens is 188 g/mol. The van der Waals surface area contributed by atoms with Crippen molar-refractivity contribution in [2.24, 2.45) is 0 Å². The lowest BCUT2D eigenvalue weighted by atomic mass is 9.86. The summed E-state index contributed by atoms with van der Waals surface area (Å²) in [4.78, 5) is 11.0. The molecule has 0 unspecified atom stereocenters. The topological polar surface area (TPSA) is 37.3 Å². The number of hydrogen-bond donors (Lipinski definition) is 1. The maximum absolute atomic E-state index is 11.0. The second-order valence-electron chi connectivity index (χ2n) is 4.88. The molecule has 2 aromatic carbocycles.